The molecule has 2 N–H and O–H groups in total. The molecule has 0 atom stereocenters. The summed E-state index contributed by atoms with van der Waals surface area (Å²) < 4.78 is 54.2. The van der Waals surface area contributed by atoms with Gasteiger partial charge in [-0.2, -0.15) is 0 Å². The van der Waals surface area contributed by atoms with Crippen LogP contribution in [-0.2, 0) is 6.42 Å². The molecule has 0 fully saturated rings. The molecule has 3 amide bonds. The van der Waals surface area contributed by atoms with Crippen LogP contribution in [0.25, 0.3) is 0 Å². The van der Waals surface area contributed by atoms with Gasteiger partial charge >= 0.3 is 6.03 Å². The lowest BCUT2D eigenvalue weighted by Gasteiger charge is -2.19. The standard InChI is InChI=1S/C23H19F4N3O2S/c1-13-10-16(29-22(31)17-11-19(26)20(27)12-18(17)25)6-7-21(13)30(33)23(32)28-9-8-14-2-4-15(24)5-3-14/h2-7,10-12,33H,8-9H2,1H3,(H,28,32)(H,29,31). The molecule has 3 rings (SSSR count). The molecular weight excluding hydrogens is 458 g/mol. The van der Waals surface area contributed by atoms with Crippen molar-refractivity contribution in [3.8, 4) is 0 Å². The molecule has 0 aliphatic heterocycles. The summed E-state index contributed by atoms with van der Waals surface area (Å²) in [5.41, 5.74) is 1.45. The Morgan fingerprint density at radius 1 is 0.909 bits per heavy atom. The van der Waals surface area contributed by atoms with Crippen molar-refractivity contribution < 1.29 is 27.2 Å². The van der Waals surface area contributed by atoms with Crippen LogP contribution in [-0.4, -0.2) is 18.5 Å². The molecule has 0 heterocycles. The van der Waals surface area contributed by atoms with Gasteiger partial charge in [0.2, 0.25) is 0 Å². The Morgan fingerprint density at radius 2 is 1.58 bits per heavy atom. The minimum Gasteiger partial charge on any atom is -0.337 e. The van der Waals surface area contributed by atoms with Crippen molar-refractivity contribution >= 4 is 36.1 Å². The van der Waals surface area contributed by atoms with Gasteiger partial charge in [0.15, 0.2) is 11.6 Å². The number of rotatable bonds is 6. The number of carbonyl (C=O) groups excluding carboxylic acids is 2. The Bertz CT molecular complexity index is 1190. The number of amides is 3. The van der Waals surface area contributed by atoms with Crippen LogP contribution in [0, 0.1) is 30.2 Å². The predicted molar refractivity (Wildman–Crippen MR) is 120 cm³/mol. The molecule has 0 aliphatic carbocycles. The number of hydrogen-bond donors (Lipinski definition) is 3. The van der Waals surface area contributed by atoms with Gasteiger partial charge in [-0.05, 0) is 60.9 Å². The van der Waals surface area contributed by atoms with Gasteiger partial charge in [-0.25, -0.2) is 26.7 Å². The second kappa shape index (κ2) is 10.4. The van der Waals surface area contributed by atoms with E-state index in [1.165, 1.54) is 30.3 Å². The van der Waals surface area contributed by atoms with Crippen LogP contribution in [0.2, 0.25) is 0 Å². The number of halogens is 4. The lowest BCUT2D eigenvalue weighted by atomic mass is 10.1. The van der Waals surface area contributed by atoms with Crippen LogP contribution < -0.4 is 14.9 Å². The summed E-state index contributed by atoms with van der Waals surface area (Å²) in [4.78, 5) is 24.6. The summed E-state index contributed by atoms with van der Waals surface area (Å²) in [6, 6.07) is 10.7. The SMILES string of the molecule is Cc1cc(NC(=O)c2cc(F)c(F)cc2F)ccc1N(S)C(=O)NCCc1ccc(F)cc1. The zero-order valence-corrected chi connectivity index (χ0v) is 18.2. The van der Waals surface area contributed by atoms with Crippen LogP contribution in [0.1, 0.15) is 21.5 Å². The first-order chi connectivity index (χ1) is 15.7. The number of nitrogens with one attached hydrogen (secondary N) is 2. The largest absolute Gasteiger partial charge is 0.337 e. The third kappa shape index (κ3) is 6.04. The van der Waals surface area contributed by atoms with Crippen molar-refractivity contribution in [1.29, 1.82) is 0 Å². The van der Waals surface area contributed by atoms with Crippen LogP contribution in [0.15, 0.2) is 54.6 Å². The second-order valence-corrected chi connectivity index (χ2v) is 7.52. The summed E-state index contributed by atoms with van der Waals surface area (Å²) in [6.45, 7) is 1.96. The van der Waals surface area contributed by atoms with Crippen molar-refractivity contribution in [2.45, 2.75) is 13.3 Å². The van der Waals surface area contributed by atoms with Gasteiger partial charge in [0, 0.05) is 18.3 Å². The van der Waals surface area contributed by atoms with Crippen molar-refractivity contribution in [3.63, 3.8) is 0 Å². The third-order valence-electron chi connectivity index (χ3n) is 4.73. The van der Waals surface area contributed by atoms with Gasteiger partial charge in [0.1, 0.15) is 11.6 Å². The van der Waals surface area contributed by atoms with E-state index in [0.29, 0.717) is 36.3 Å². The molecule has 172 valence electrons. The average Bonchev–Trinajstić information content (AvgIpc) is 2.77. The van der Waals surface area contributed by atoms with Crippen molar-refractivity contribution in [2.24, 2.45) is 0 Å². The quantitative estimate of drug-likeness (QED) is 0.253. The minimum absolute atomic E-state index is 0.254. The Kier molecular flexibility index (Phi) is 7.59. The van der Waals surface area contributed by atoms with Gasteiger partial charge in [-0.3, -0.25) is 4.79 Å². The highest BCUT2D eigenvalue weighted by molar-refractivity contribution is 7.82. The highest BCUT2D eigenvalue weighted by Crippen LogP contribution is 2.26. The molecule has 3 aromatic rings. The van der Waals surface area contributed by atoms with Crippen molar-refractivity contribution in [2.75, 3.05) is 16.2 Å². The Morgan fingerprint density at radius 3 is 2.24 bits per heavy atom. The number of anilines is 2. The molecule has 33 heavy (non-hydrogen) atoms. The van der Waals surface area contributed by atoms with E-state index in [1.807, 2.05) is 0 Å². The second-order valence-electron chi connectivity index (χ2n) is 7.12. The van der Waals surface area contributed by atoms with E-state index in [-0.39, 0.29) is 11.5 Å². The molecule has 0 spiro atoms. The zero-order valence-electron chi connectivity index (χ0n) is 17.3. The molecular formula is C23H19F4N3O2S. The normalized spacial score (nSPS) is 10.6. The van der Waals surface area contributed by atoms with E-state index >= 15 is 0 Å². The topological polar surface area (TPSA) is 61.4 Å². The van der Waals surface area contributed by atoms with E-state index in [0.717, 1.165) is 9.87 Å². The lowest BCUT2D eigenvalue weighted by Crippen LogP contribution is -2.35. The molecule has 5 nitrogen and oxygen atoms in total. The predicted octanol–water partition coefficient (Wildman–Crippen LogP) is 5.41. The fourth-order valence-electron chi connectivity index (χ4n) is 3.01. The molecule has 10 heteroatoms. The van der Waals surface area contributed by atoms with Crippen LogP contribution >= 0.6 is 12.8 Å². The van der Waals surface area contributed by atoms with E-state index < -0.39 is 35.0 Å². The summed E-state index contributed by atoms with van der Waals surface area (Å²) in [7, 11) is 0. The van der Waals surface area contributed by atoms with Crippen LogP contribution in [0.4, 0.5) is 33.7 Å². The Balaban J connectivity index is 1.62. The van der Waals surface area contributed by atoms with Crippen LogP contribution in [0.3, 0.4) is 0 Å². The maximum absolute atomic E-state index is 13.8. The summed E-state index contributed by atoms with van der Waals surface area (Å²) in [5, 5.41) is 5.09. The first-order valence-electron chi connectivity index (χ1n) is 9.73. The Hall–Kier alpha value is -3.53. The van der Waals surface area contributed by atoms with Crippen molar-refractivity contribution in [1.82, 2.24) is 5.32 Å². The number of aryl methyl sites for hydroxylation is 1. The van der Waals surface area contributed by atoms with E-state index in [1.54, 1.807) is 19.1 Å². The van der Waals surface area contributed by atoms with Gasteiger partial charge in [0.25, 0.3) is 5.91 Å². The summed E-state index contributed by atoms with van der Waals surface area (Å²) in [6.07, 6.45) is 0.498. The fourth-order valence-corrected chi connectivity index (χ4v) is 3.31. The van der Waals surface area contributed by atoms with Crippen molar-refractivity contribution in [3.05, 3.63) is 94.6 Å². The number of urea groups is 1. The zero-order chi connectivity index (χ0) is 24.1. The molecule has 0 saturated carbocycles. The number of hydrogen-bond acceptors (Lipinski definition) is 3. The molecule has 0 aliphatic rings. The van der Waals surface area contributed by atoms with E-state index in [4.69, 9.17) is 0 Å². The maximum Gasteiger partial charge on any atom is 0.331 e. The number of benzene rings is 3. The van der Waals surface area contributed by atoms with Crippen LogP contribution in [0.5, 0.6) is 0 Å². The smallest absolute Gasteiger partial charge is 0.331 e. The third-order valence-corrected chi connectivity index (χ3v) is 5.13. The molecule has 0 bridgehead atoms. The average molecular weight is 477 g/mol. The van der Waals surface area contributed by atoms with Gasteiger partial charge < -0.3 is 10.6 Å². The highest BCUT2D eigenvalue weighted by atomic mass is 32.1. The number of thiol groups is 1. The molecule has 0 unspecified atom stereocenters. The molecule has 0 saturated heterocycles. The highest BCUT2D eigenvalue weighted by Gasteiger charge is 2.18. The Labute approximate surface area is 193 Å². The van der Waals surface area contributed by atoms with Gasteiger partial charge in [0.05, 0.1) is 11.3 Å². The van der Waals surface area contributed by atoms with Gasteiger partial charge in [-0.1, -0.05) is 24.9 Å². The van der Waals surface area contributed by atoms with E-state index in [2.05, 4.69) is 23.4 Å². The number of carbonyl (C=O) groups is 2. The monoisotopic (exact) mass is 477 g/mol. The maximum atomic E-state index is 13.8. The summed E-state index contributed by atoms with van der Waals surface area (Å²) in [5.74, 6) is -5.23. The first-order valence-corrected chi connectivity index (χ1v) is 10.1. The molecule has 3 aromatic carbocycles. The first kappa shape index (κ1) is 24.1. The fraction of sp³-hybridized carbons (Fsp3) is 0.130. The minimum atomic E-state index is -1.39. The number of nitrogens with zero attached hydrogens (tertiary/aromatic N) is 1. The summed E-state index contributed by atoms with van der Waals surface area (Å²) >= 11 is 4.21. The molecule has 0 aromatic heterocycles. The lowest BCUT2D eigenvalue weighted by molar-refractivity contribution is 0.102. The van der Waals surface area contributed by atoms with E-state index in [9.17, 15) is 27.2 Å². The molecule has 0 radical (unpaired) electrons. The van der Waals surface area contributed by atoms with Gasteiger partial charge in [-0.15, -0.1) is 0 Å².